The van der Waals surface area contributed by atoms with Crippen LogP contribution in [0.4, 0.5) is 0 Å². The minimum absolute atomic E-state index is 0.232. The van der Waals surface area contributed by atoms with Crippen molar-refractivity contribution < 1.29 is 9.53 Å². The number of hydrogen-bond acceptors (Lipinski definition) is 2. The third-order valence-corrected chi connectivity index (χ3v) is 2.09. The highest BCUT2D eigenvalue weighted by Crippen LogP contribution is 2.10. The van der Waals surface area contributed by atoms with Gasteiger partial charge in [0, 0.05) is 6.92 Å². The topological polar surface area (TPSA) is 26.3 Å². The minimum Gasteiger partial charge on any atom is -0.462 e. The van der Waals surface area contributed by atoms with Crippen molar-refractivity contribution >= 4 is 5.97 Å². The lowest BCUT2D eigenvalue weighted by Crippen LogP contribution is -1.97. The SMILES string of the molecule is C=C(C/C=C/C)CCC/C=C/COC(C)=O. The maximum absolute atomic E-state index is 10.4. The van der Waals surface area contributed by atoms with Gasteiger partial charge in [-0.25, -0.2) is 0 Å². The van der Waals surface area contributed by atoms with Gasteiger partial charge in [-0.2, -0.15) is 0 Å². The molecule has 2 heteroatoms. The number of hydrogen-bond donors (Lipinski definition) is 0. The molecule has 0 heterocycles. The van der Waals surface area contributed by atoms with Gasteiger partial charge >= 0.3 is 5.97 Å². The summed E-state index contributed by atoms with van der Waals surface area (Å²) in [6, 6.07) is 0. The summed E-state index contributed by atoms with van der Waals surface area (Å²) in [4.78, 5) is 10.4. The van der Waals surface area contributed by atoms with E-state index in [0.29, 0.717) is 6.61 Å². The smallest absolute Gasteiger partial charge is 0.302 e. The zero-order valence-electron chi connectivity index (χ0n) is 10.4. The lowest BCUT2D eigenvalue weighted by Gasteiger charge is -2.00. The summed E-state index contributed by atoms with van der Waals surface area (Å²) in [7, 11) is 0. The van der Waals surface area contributed by atoms with Gasteiger partial charge < -0.3 is 4.74 Å². The molecule has 0 saturated carbocycles. The van der Waals surface area contributed by atoms with Crippen molar-refractivity contribution in [3.8, 4) is 0 Å². The van der Waals surface area contributed by atoms with E-state index < -0.39 is 0 Å². The maximum Gasteiger partial charge on any atom is 0.302 e. The maximum atomic E-state index is 10.4. The normalized spacial score (nSPS) is 11.1. The van der Waals surface area contributed by atoms with Crippen LogP contribution in [0.3, 0.4) is 0 Å². The molecular weight excluding hydrogens is 200 g/mol. The van der Waals surface area contributed by atoms with E-state index in [4.69, 9.17) is 4.74 Å². The summed E-state index contributed by atoms with van der Waals surface area (Å²) >= 11 is 0. The van der Waals surface area contributed by atoms with Gasteiger partial charge in [0.05, 0.1) is 0 Å². The van der Waals surface area contributed by atoms with E-state index in [0.717, 1.165) is 25.7 Å². The van der Waals surface area contributed by atoms with Crippen LogP contribution < -0.4 is 0 Å². The minimum atomic E-state index is -0.232. The van der Waals surface area contributed by atoms with E-state index in [1.165, 1.54) is 12.5 Å². The standard InChI is InChI=1S/C14H22O2/c1-4-5-10-13(2)11-8-6-7-9-12-16-14(3)15/h4-5,7,9H,2,6,8,10-12H2,1,3H3/b5-4+,9-7+. The van der Waals surface area contributed by atoms with E-state index in [1.807, 2.05) is 25.2 Å². The number of allylic oxidation sites excluding steroid dienone is 4. The number of carbonyl (C=O) groups is 1. The molecule has 0 unspecified atom stereocenters. The van der Waals surface area contributed by atoms with E-state index in [9.17, 15) is 4.79 Å². The van der Waals surface area contributed by atoms with Gasteiger partial charge in [0.15, 0.2) is 0 Å². The number of carbonyl (C=O) groups excluding carboxylic acids is 1. The van der Waals surface area contributed by atoms with E-state index in [1.54, 1.807) is 0 Å². The second-order valence-corrected chi connectivity index (χ2v) is 3.69. The van der Waals surface area contributed by atoms with E-state index >= 15 is 0 Å². The van der Waals surface area contributed by atoms with Crippen LogP contribution in [0, 0.1) is 0 Å². The predicted molar refractivity (Wildman–Crippen MR) is 68.2 cm³/mol. The van der Waals surface area contributed by atoms with Crippen LogP contribution in [0.15, 0.2) is 36.5 Å². The number of ether oxygens (including phenoxy) is 1. The summed E-state index contributed by atoms with van der Waals surface area (Å²) < 4.78 is 4.77. The third kappa shape index (κ3) is 10.8. The lowest BCUT2D eigenvalue weighted by atomic mass is 10.1. The van der Waals surface area contributed by atoms with Gasteiger partial charge in [-0.05, 0) is 32.6 Å². The molecule has 0 aromatic carbocycles. The van der Waals surface area contributed by atoms with Crippen LogP contribution >= 0.6 is 0 Å². The molecule has 0 N–H and O–H groups in total. The Bertz CT molecular complexity index is 262. The molecule has 0 aromatic heterocycles. The fourth-order valence-corrected chi connectivity index (χ4v) is 1.21. The zero-order valence-corrected chi connectivity index (χ0v) is 10.4. The second-order valence-electron chi connectivity index (χ2n) is 3.69. The molecule has 16 heavy (non-hydrogen) atoms. The van der Waals surface area contributed by atoms with Crippen LogP contribution in [0.5, 0.6) is 0 Å². The molecule has 90 valence electrons. The molecule has 0 atom stereocenters. The average molecular weight is 222 g/mol. The molecule has 0 bridgehead atoms. The lowest BCUT2D eigenvalue weighted by molar-refractivity contribution is -0.139. The molecular formula is C14H22O2. The van der Waals surface area contributed by atoms with Crippen molar-refractivity contribution in [1.82, 2.24) is 0 Å². The Morgan fingerprint density at radius 3 is 2.69 bits per heavy atom. The van der Waals surface area contributed by atoms with Crippen LogP contribution in [-0.2, 0) is 9.53 Å². The van der Waals surface area contributed by atoms with Gasteiger partial charge in [-0.15, -0.1) is 0 Å². The molecule has 0 aliphatic rings. The van der Waals surface area contributed by atoms with E-state index in [2.05, 4.69) is 12.7 Å². The zero-order chi connectivity index (χ0) is 12.2. The van der Waals surface area contributed by atoms with Crippen molar-refractivity contribution in [1.29, 1.82) is 0 Å². The van der Waals surface area contributed by atoms with Gasteiger partial charge in [0.2, 0.25) is 0 Å². The summed E-state index contributed by atoms with van der Waals surface area (Å²) in [5, 5.41) is 0. The van der Waals surface area contributed by atoms with Crippen molar-refractivity contribution in [2.24, 2.45) is 0 Å². The molecule has 0 aromatic rings. The molecule has 0 fully saturated rings. The van der Waals surface area contributed by atoms with Crippen LogP contribution in [-0.4, -0.2) is 12.6 Å². The predicted octanol–water partition coefficient (Wildman–Crippen LogP) is 3.80. The second kappa shape index (κ2) is 10.2. The Balaban J connectivity index is 3.38. The number of esters is 1. The molecule has 0 amide bonds. The van der Waals surface area contributed by atoms with Gasteiger partial charge in [0.25, 0.3) is 0 Å². The summed E-state index contributed by atoms with van der Waals surface area (Å²) in [6.45, 7) is 7.82. The van der Waals surface area contributed by atoms with Crippen molar-refractivity contribution in [2.45, 2.75) is 39.5 Å². The largest absolute Gasteiger partial charge is 0.462 e. The molecule has 0 aliphatic carbocycles. The average Bonchev–Trinajstić information content (AvgIpc) is 2.24. The summed E-state index contributed by atoms with van der Waals surface area (Å²) in [5.74, 6) is -0.232. The first kappa shape index (κ1) is 14.7. The summed E-state index contributed by atoms with van der Waals surface area (Å²) in [6.07, 6.45) is 12.3. The first-order chi connectivity index (χ1) is 7.66. The first-order valence-corrected chi connectivity index (χ1v) is 5.73. The highest BCUT2D eigenvalue weighted by atomic mass is 16.5. The van der Waals surface area contributed by atoms with Crippen LogP contribution in [0.1, 0.15) is 39.5 Å². The van der Waals surface area contributed by atoms with Crippen molar-refractivity contribution in [3.05, 3.63) is 36.5 Å². The number of unbranched alkanes of at least 4 members (excludes halogenated alkanes) is 1. The Kier molecular flexibility index (Phi) is 9.38. The highest BCUT2D eigenvalue weighted by Gasteiger charge is 1.91. The van der Waals surface area contributed by atoms with Gasteiger partial charge in [-0.1, -0.05) is 36.5 Å². The Morgan fingerprint density at radius 1 is 1.31 bits per heavy atom. The van der Waals surface area contributed by atoms with Gasteiger partial charge in [-0.3, -0.25) is 4.79 Å². The monoisotopic (exact) mass is 222 g/mol. The van der Waals surface area contributed by atoms with Gasteiger partial charge in [0.1, 0.15) is 6.61 Å². The molecule has 0 radical (unpaired) electrons. The molecule has 0 rings (SSSR count). The van der Waals surface area contributed by atoms with Crippen LogP contribution in [0.25, 0.3) is 0 Å². The molecule has 0 aliphatic heterocycles. The highest BCUT2D eigenvalue weighted by molar-refractivity contribution is 5.65. The van der Waals surface area contributed by atoms with Crippen molar-refractivity contribution in [2.75, 3.05) is 6.61 Å². The fraction of sp³-hybridized carbons (Fsp3) is 0.500. The Hall–Kier alpha value is -1.31. The quantitative estimate of drug-likeness (QED) is 0.355. The Labute approximate surface area is 98.7 Å². The Morgan fingerprint density at radius 2 is 2.06 bits per heavy atom. The third-order valence-electron chi connectivity index (χ3n) is 2.09. The molecule has 0 saturated heterocycles. The summed E-state index contributed by atoms with van der Waals surface area (Å²) in [5.41, 5.74) is 1.27. The van der Waals surface area contributed by atoms with Crippen LogP contribution in [0.2, 0.25) is 0 Å². The van der Waals surface area contributed by atoms with Crippen molar-refractivity contribution in [3.63, 3.8) is 0 Å². The first-order valence-electron chi connectivity index (χ1n) is 5.73. The molecule has 2 nitrogen and oxygen atoms in total. The van der Waals surface area contributed by atoms with E-state index in [-0.39, 0.29) is 5.97 Å². The number of rotatable bonds is 8. The molecule has 0 spiro atoms. The fourth-order valence-electron chi connectivity index (χ4n) is 1.21.